The zero-order valence-corrected chi connectivity index (χ0v) is 15.9. The summed E-state index contributed by atoms with van der Waals surface area (Å²) in [5.74, 6) is -0.461. The van der Waals surface area contributed by atoms with Crippen LogP contribution in [0.5, 0.6) is 0 Å². The summed E-state index contributed by atoms with van der Waals surface area (Å²) < 4.78 is 9.30. The molecule has 1 saturated heterocycles. The van der Waals surface area contributed by atoms with Crippen LogP contribution in [0.25, 0.3) is 0 Å². The lowest BCUT2D eigenvalue weighted by Crippen LogP contribution is -2.32. The molecule has 138 valence electrons. The molecule has 2 aromatic heterocycles. The summed E-state index contributed by atoms with van der Waals surface area (Å²) in [6.07, 6.45) is 6.13. The number of amides is 2. The highest BCUT2D eigenvalue weighted by molar-refractivity contribution is 7.17. The molecule has 0 radical (unpaired) electrons. The first-order valence-electron chi connectivity index (χ1n) is 8.85. The second-order valence-electron chi connectivity index (χ2n) is 6.50. The first-order valence-corrected chi connectivity index (χ1v) is 10.5. The van der Waals surface area contributed by atoms with E-state index in [0.717, 1.165) is 62.2 Å². The highest BCUT2D eigenvalue weighted by Gasteiger charge is 2.27. The van der Waals surface area contributed by atoms with Gasteiger partial charge in [0, 0.05) is 23.4 Å². The number of hydrogen-bond acceptors (Lipinski definition) is 7. The predicted octanol–water partition coefficient (Wildman–Crippen LogP) is 2.64. The van der Waals surface area contributed by atoms with E-state index >= 15 is 0 Å². The Morgan fingerprint density at radius 3 is 2.88 bits per heavy atom. The number of rotatable bonds is 5. The van der Waals surface area contributed by atoms with E-state index in [1.807, 2.05) is 0 Å². The highest BCUT2D eigenvalue weighted by Crippen LogP contribution is 2.38. The van der Waals surface area contributed by atoms with Crippen LogP contribution >= 0.6 is 22.9 Å². The van der Waals surface area contributed by atoms with E-state index in [2.05, 4.69) is 20.2 Å². The Kier molecular flexibility index (Phi) is 5.28. The fraction of sp³-hybridized carbons (Fsp3) is 0.529. The van der Waals surface area contributed by atoms with Gasteiger partial charge < -0.3 is 15.4 Å². The van der Waals surface area contributed by atoms with Gasteiger partial charge in [-0.15, -0.1) is 16.4 Å². The monoisotopic (exact) mass is 392 g/mol. The molecule has 7 nitrogen and oxygen atoms in total. The molecule has 1 aliphatic carbocycles. The molecule has 1 aliphatic heterocycles. The van der Waals surface area contributed by atoms with Crippen LogP contribution in [0.1, 0.15) is 57.0 Å². The van der Waals surface area contributed by atoms with Gasteiger partial charge in [0.05, 0.1) is 11.7 Å². The SMILES string of the molecule is O=C(Nc1sc2c(c1C(=O)NCC1CCCO1)CCCC2)c1csnn1. The average Bonchev–Trinajstić information content (AvgIpc) is 3.39. The quantitative estimate of drug-likeness (QED) is 0.816. The fourth-order valence-corrected chi connectivity index (χ4v) is 5.14. The molecule has 2 N–H and O–H groups in total. The Labute approximate surface area is 159 Å². The van der Waals surface area contributed by atoms with E-state index in [-0.39, 0.29) is 23.6 Å². The number of fused-ring (bicyclic) bond motifs is 1. The molecule has 0 aromatic carbocycles. The van der Waals surface area contributed by atoms with Crippen LogP contribution in [-0.2, 0) is 17.6 Å². The molecule has 1 fully saturated rings. The average molecular weight is 393 g/mol. The standard InChI is InChI=1S/C17H20N4O3S2/c22-15(12-9-25-21-20-12)19-17-14(11-5-1-2-6-13(11)26-17)16(23)18-8-10-4-3-7-24-10/h9-10H,1-8H2,(H,18,23)(H,19,22). The second-order valence-corrected chi connectivity index (χ2v) is 8.22. The zero-order chi connectivity index (χ0) is 17.9. The van der Waals surface area contributed by atoms with Gasteiger partial charge in [-0.3, -0.25) is 9.59 Å². The number of nitrogens with zero attached hydrogens (tertiary/aromatic N) is 2. The third kappa shape index (κ3) is 3.65. The van der Waals surface area contributed by atoms with Crippen LogP contribution in [0.4, 0.5) is 5.00 Å². The minimum Gasteiger partial charge on any atom is -0.376 e. The maximum absolute atomic E-state index is 12.9. The number of aromatic nitrogens is 2. The smallest absolute Gasteiger partial charge is 0.277 e. The number of carbonyl (C=O) groups is 2. The van der Waals surface area contributed by atoms with Gasteiger partial charge in [0.25, 0.3) is 11.8 Å². The molecule has 0 saturated carbocycles. The van der Waals surface area contributed by atoms with Crippen LogP contribution in [0.2, 0.25) is 0 Å². The Hall–Kier alpha value is -1.84. The van der Waals surface area contributed by atoms with Gasteiger partial charge >= 0.3 is 0 Å². The largest absolute Gasteiger partial charge is 0.376 e. The Balaban J connectivity index is 1.55. The van der Waals surface area contributed by atoms with Crippen LogP contribution in [0, 0.1) is 0 Å². The molecule has 0 spiro atoms. The van der Waals surface area contributed by atoms with Crippen molar-refractivity contribution in [3.63, 3.8) is 0 Å². The molecular weight excluding hydrogens is 372 g/mol. The molecule has 2 amide bonds. The molecular formula is C17H20N4O3S2. The van der Waals surface area contributed by atoms with Gasteiger partial charge in [-0.1, -0.05) is 4.49 Å². The van der Waals surface area contributed by atoms with E-state index in [4.69, 9.17) is 4.74 Å². The Morgan fingerprint density at radius 2 is 2.12 bits per heavy atom. The molecule has 26 heavy (non-hydrogen) atoms. The van der Waals surface area contributed by atoms with Gasteiger partial charge in [-0.05, 0) is 55.6 Å². The maximum Gasteiger partial charge on any atom is 0.277 e. The third-order valence-corrected chi connectivity index (χ3v) is 6.44. The number of hydrogen-bond donors (Lipinski definition) is 2. The predicted molar refractivity (Wildman–Crippen MR) is 100 cm³/mol. The van der Waals surface area contributed by atoms with Gasteiger partial charge in [-0.25, -0.2) is 0 Å². The van der Waals surface area contributed by atoms with Gasteiger partial charge in [-0.2, -0.15) is 0 Å². The van der Waals surface area contributed by atoms with Crippen molar-refractivity contribution < 1.29 is 14.3 Å². The van der Waals surface area contributed by atoms with E-state index in [9.17, 15) is 9.59 Å². The van der Waals surface area contributed by atoms with Crippen molar-refractivity contribution in [1.29, 1.82) is 0 Å². The molecule has 4 rings (SSSR count). The highest BCUT2D eigenvalue weighted by atomic mass is 32.1. The maximum atomic E-state index is 12.9. The summed E-state index contributed by atoms with van der Waals surface area (Å²) in [7, 11) is 0. The minimum atomic E-state index is -0.328. The normalized spacial score (nSPS) is 19.2. The zero-order valence-electron chi connectivity index (χ0n) is 14.2. The third-order valence-electron chi connectivity index (χ3n) is 4.73. The lowest BCUT2D eigenvalue weighted by Gasteiger charge is -2.15. The van der Waals surface area contributed by atoms with E-state index in [0.29, 0.717) is 17.1 Å². The van der Waals surface area contributed by atoms with Gasteiger partial charge in [0.2, 0.25) is 0 Å². The number of aryl methyl sites for hydroxylation is 1. The Morgan fingerprint density at radius 1 is 1.23 bits per heavy atom. The summed E-state index contributed by atoms with van der Waals surface area (Å²) in [5, 5.41) is 11.9. The molecule has 3 heterocycles. The molecule has 2 aliphatic rings. The number of anilines is 1. The topological polar surface area (TPSA) is 93.2 Å². The first kappa shape index (κ1) is 17.6. The van der Waals surface area contributed by atoms with E-state index in [1.54, 1.807) is 5.38 Å². The van der Waals surface area contributed by atoms with Gasteiger partial charge in [0.1, 0.15) is 5.00 Å². The van der Waals surface area contributed by atoms with Crippen molar-refractivity contribution in [3.05, 3.63) is 27.1 Å². The number of thiophene rings is 1. The van der Waals surface area contributed by atoms with Crippen LogP contribution in [0.3, 0.4) is 0 Å². The van der Waals surface area contributed by atoms with Crippen molar-refractivity contribution in [2.75, 3.05) is 18.5 Å². The van der Waals surface area contributed by atoms with Crippen molar-refractivity contribution in [1.82, 2.24) is 14.9 Å². The van der Waals surface area contributed by atoms with Crippen molar-refractivity contribution in [3.8, 4) is 0 Å². The summed E-state index contributed by atoms with van der Waals surface area (Å²) in [6.45, 7) is 1.27. The second kappa shape index (κ2) is 7.81. The lowest BCUT2D eigenvalue weighted by molar-refractivity contribution is 0.0858. The summed E-state index contributed by atoms with van der Waals surface area (Å²) >= 11 is 2.63. The van der Waals surface area contributed by atoms with Crippen LogP contribution in [0.15, 0.2) is 5.38 Å². The summed E-state index contributed by atoms with van der Waals surface area (Å²) in [5.41, 5.74) is 1.96. The van der Waals surface area contributed by atoms with E-state index in [1.165, 1.54) is 16.2 Å². The van der Waals surface area contributed by atoms with Crippen LogP contribution < -0.4 is 10.6 Å². The minimum absolute atomic E-state index is 0.0903. The summed E-state index contributed by atoms with van der Waals surface area (Å²) in [4.78, 5) is 26.5. The van der Waals surface area contributed by atoms with Gasteiger partial charge in [0.15, 0.2) is 5.69 Å². The number of carbonyl (C=O) groups excluding carboxylic acids is 2. The Bertz CT molecular complexity index is 797. The van der Waals surface area contributed by atoms with Crippen molar-refractivity contribution in [2.24, 2.45) is 0 Å². The molecule has 0 bridgehead atoms. The summed E-state index contributed by atoms with van der Waals surface area (Å²) in [6, 6.07) is 0. The number of nitrogens with one attached hydrogen (secondary N) is 2. The fourth-order valence-electron chi connectivity index (χ4n) is 3.43. The molecule has 1 unspecified atom stereocenters. The first-order chi connectivity index (χ1) is 12.7. The van der Waals surface area contributed by atoms with Crippen molar-refractivity contribution >= 4 is 39.7 Å². The number of ether oxygens (including phenoxy) is 1. The van der Waals surface area contributed by atoms with Crippen molar-refractivity contribution in [2.45, 2.75) is 44.6 Å². The molecule has 1 atom stereocenters. The molecule has 2 aromatic rings. The molecule has 9 heteroatoms. The van der Waals surface area contributed by atoms with Crippen LogP contribution in [-0.4, -0.2) is 40.7 Å². The lowest BCUT2D eigenvalue weighted by atomic mass is 9.95. The van der Waals surface area contributed by atoms with E-state index < -0.39 is 0 Å².